The van der Waals surface area contributed by atoms with Gasteiger partial charge in [-0.3, -0.25) is 0 Å². The highest BCUT2D eigenvalue weighted by Crippen LogP contribution is 2.42. The minimum atomic E-state index is 0.905. The third kappa shape index (κ3) is 4.19. The molecule has 3 heterocycles. The van der Waals surface area contributed by atoms with Gasteiger partial charge in [0, 0.05) is 43.7 Å². The van der Waals surface area contributed by atoms with Crippen LogP contribution in [0.3, 0.4) is 0 Å². The molecule has 0 atom stereocenters. The Bertz CT molecular complexity index is 3130. The van der Waals surface area contributed by atoms with E-state index in [9.17, 15) is 0 Å². The van der Waals surface area contributed by atoms with E-state index < -0.39 is 0 Å². The molecule has 0 aliphatic rings. The Balaban J connectivity index is 1.13. The van der Waals surface area contributed by atoms with Crippen molar-refractivity contribution in [2.45, 2.75) is 0 Å². The molecule has 3 nitrogen and oxygen atoms in total. The van der Waals surface area contributed by atoms with E-state index in [-0.39, 0.29) is 0 Å². The maximum atomic E-state index is 6.17. The highest BCUT2D eigenvalue weighted by molar-refractivity contribution is 6.17. The van der Waals surface area contributed by atoms with Crippen LogP contribution < -0.4 is 0 Å². The minimum absolute atomic E-state index is 0.905. The smallest absolute Gasteiger partial charge is 0.135 e. The Morgan fingerprint density at radius 1 is 0.314 bits per heavy atom. The van der Waals surface area contributed by atoms with Crippen molar-refractivity contribution < 1.29 is 4.42 Å². The van der Waals surface area contributed by atoms with Crippen molar-refractivity contribution in [1.29, 1.82) is 0 Å². The maximum Gasteiger partial charge on any atom is 0.135 e. The van der Waals surface area contributed by atoms with Crippen LogP contribution in [-0.4, -0.2) is 9.13 Å². The molecule has 0 unspecified atom stereocenters. The van der Waals surface area contributed by atoms with E-state index in [1.54, 1.807) is 0 Å². The number of furan rings is 1. The molecule has 11 rings (SSSR count). The van der Waals surface area contributed by atoms with Crippen molar-refractivity contribution in [3.63, 3.8) is 0 Å². The van der Waals surface area contributed by atoms with Gasteiger partial charge in [0.1, 0.15) is 11.2 Å². The van der Waals surface area contributed by atoms with Crippen LogP contribution in [0.25, 0.3) is 99.2 Å². The summed E-state index contributed by atoms with van der Waals surface area (Å²) < 4.78 is 11.0. The van der Waals surface area contributed by atoms with Crippen LogP contribution in [-0.2, 0) is 0 Å². The molecule has 3 heteroatoms. The molecule has 0 aliphatic heterocycles. The number of nitrogens with zero attached hydrogens (tertiary/aromatic N) is 2. The molecule has 0 saturated carbocycles. The molecule has 0 aliphatic carbocycles. The van der Waals surface area contributed by atoms with Gasteiger partial charge in [-0.2, -0.15) is 0 Å². The Hall–Kier alpha value is -6.84. The zero-order chi connectivity index (χ0) is 33.5. The fourth-order valence-electron chi connectivity index (χ4n) is 8.25. The van der Waals surface area contributed by atoms with Crippen LogP contribution >= 0.6 is 0 Å². The molecule has 0 saturated heterocycles. The third-order valence-electron chi connectivity index (χ3n) is 10.5. The molecule has 238 valence electrons. The summed E-state index contributed by atoms with van der Waals surface area (Å²) in [6.45, 7) is 0. The molecule has 0 radical (unpaired) electrons. The van der Waals surface area contributed by atoms with E-state index in [0.29, 0.717) is 0 Å². The van der Waals surface area contributed by atoms with E-state index >= 15 is 0 Å². The van der Waals surface area contributed by atoms with Crippen LogP contribution in [0, 0.1) is 0 Å². The molecular formula is C48H30N2O. The largest absolute Gasteiger partial charge is 0.456 e. The molecule has 8 aromatic carbocycles. The number of aromatic nitrogens is 2. The minimum Gasteiger partial charge on any atom is -0.456 e. The van der Waals surface area contributed by atoms with Crippen molar-refractivity contribution in [3.8, 4) is 33.6 Å². The lowest BCUT2D eigenvalue weighted by molar-refractivity contribution is 0.669. The summed E-state index contributed by atoms with van der Waals surface area (Å²) in [5.74, 6) is 0. The number of hydrogen-bond acceptors (Lipinski definition) is 1. The first-order valence-electron chi connectivity index (χ1n) is 17.4. The zero-order valence-corrected chi connectivity index (χ0v) is 27.6. The first kappa shape index (κ1) is 28.0. The second-order valence-electron chi connectivity index (χ2n) is 13.3. The summed E-state index contributed by atoms with van der Waals surface area (Å²) in [7, 11) is 0. The third-order valence-corrected chi connectivity index (χ3v) is 10.5. The number of para-hydroxylation sites is 3. The van der Waals surface area contributed by atoms with Crippen molar-refractivity contribution in [3.05, 3.63) is 182 Å². The van der Waals surface area contributed by atoms with Crippen LogP contribution in [0.1, 0.15) is 0 Å². The second-order valence-corrected chi connectivity index (χ2v) is 13.3. The molecule has 3 aromatic heterocycles. The molecule has 0 bridgehead atoms. The average molecular weight is 651 g/mol. The molecule has 0 spiro atoms. The van der Waals surface area contributed by atoms with E-state index in [0.717, 1.165) is 33.3 Å². The SMILES string of the molecule is c1ccc(-c2cccc3c2c2cc(-c4ccc5c(c4)c4ccccc4n5-c4ccc5oc6ccccc6c5c4)ccc2n3-c2ccccc2)cc1. The molecule has 0 N–H and O–H groups in total. The van der Waals surface area contributed by atoms with Crippen LogP contribution in [0.5, 0.6) is 0 Å². The lowest BCUT2D eigenvalue weighted by Crippen LogP contribution is -1.93. The van der Waals surface area contributed by atoms with Gasteiger partial charge < -0.3 is 13.6 Å². The zero-order valence-electron chi connectivity index (χ0n) is 27.6. The van der Waals surface area contributed by atoms with Gasteiger partial charge in [-0.25, -0.2) is 0 Å². The lowest BCUT2D eigenvalue weighted by Gasteiger charge is -2.09. The van der Waals surface area contributed by atoms with Crippen molar-refractivity contribution in [1.82, 2.24) is 9.13 Å². The fraction of sp³-hybridized carbons (Fsp3) is 0. The van der Waals surface area contributed by atoms with E-state index in [1.165, 1.54) is 65.9 Å². The quantitative estimate of drug-likeness (QED) is 0.186. The summed E-state index contributed by atoms with van der Waals surface area (Å²) in [6.07, 6.45) is 0. The topological polar surface area (TPSA) is 23.0 Å². The maximum absolute atomic E-state index is 6.17. The summed E-state index contributed by atoms with van der Waals surface area (Å²) >= 11 is 0. The van der Waals surface area contributed by atoms with Gasteiger partial charge in [0.2, 0.25) is 0 Å². The highest BCUT2D eigenvalue weighted by Gasteiger charge is 2.19. The predicted molar refractivity (Wildman–Crippen MR) is 213 cm³/mol. The Morgan fingerprint density at radius 3 is 1.75 bits per heavy atom. The summed E-state index contributed by atoms with van der Waals surface area (Å²) in [5.41, 5.74) is 13.7. The number of hydrogen-bond donors (Lipinski definition) is 0. The van der Waals surface area contributed by atoms with Crippen LogP contribution in [0.15, 0.2) is 186 Å². The van der Waals surface area contributed by atoms with Crippen molar-refractivity contribution in [2.75, 3.05) is 0 Å². The van der Waals surface area contributed by atoms with Crippen molar-refractivity contribution >= 4 is 65.6 Å². The standard InChI is InChI=1S/C48H30N2O/c1-3-12-31(13-4-1)36-18-11-20-45-48(36)41-29-33(23-26-44(41)49(45)34-14-5-2-6-15-34)32-22-25-43-39(28-32)37-16-7-9-19-42(37)50(43)35-24-27-47-40(30-35)38-17-8-10-21-46(38)51-47/h1-30H. The number of benzene rings is 8. The average Bonchev–Trinajstić information content (AvgIpc) is 3.85. The Kier molecular flexibility index (Phi) is 5.96. The molecule has 51 heavy (non-hydrogen) atoms. The molecule has 0 fully saturated rings. The number of fused-ring (bicyclic) bond motifs is 9. The van der Waals surface area contributed by atoms with Gasteiger partial charge in [0.05, 0.1) is 22.1 Å². The second kappa shape index (κ2) is 10.8. The first-order chi connectivity index (χ1) is 25.3. The summed E-state index contributed by atoms with van der Waals surface area (Å²) in [4.78, 5) is 0. The van der Waals surface area contributed by atoms with Crippen LogP contribution in [0.2, 0.25) is 0 Å². The monoisotopic (exact) mass is 650 g/mol. The number of rotatable bonds is 4. The molecular weight excluding hydrogens is 621 g/mol. The van der Waals surface area contributed by atoms with E-state index in [2.05, 4.69) is 179 Å². The van der Waals surface area contributed by atoms with E-state index in [1.807, 2.05) is 12.1 Å². The summed E-state index contributed by atoms with van der Waals surface area (Å²) in [6, 6.07) is 65.6. The fourth-order valence-corrected chi connectivity index (χ4v) is 8.25. The Labute approximate surface area is 293 Å². The highest BCUT2D eigenvalue weighted by atomic mass is 16.3. The first-order valence-corrected chi connectivity index (χ1v) is 17.4. The van der Waals surface area contributed by atoms with Gasteiger partial charge >= 0.3 is 0 Å². The van der Waals surface area contributed by atoms with E-state index in [4.69, 9.17) is 4.42 Å². The lowest BCUT2D eigenvalue weighted by atomic mass is 9.97. The van der Waals surface area contributed by atoms with Gasteiger partial charge in [0.25, 0.3) is 0 Å². The predicted octanol–water partition coefficient (Wildman–Crippen LogP) is 13.1. The molecule has 0 amide bonds. The normalized spacial score (nSPS) is 11.9. The summed E-state index contributed by atoms with van der Waals surface area (Å²) in [5, 5.41) is 7.25. The van der Waals surface area contributed by atoms with Crippen molar-refractivity contribution in [2.24, 2.45) is 0 Å². The van der Waals surface area contributed by atoms with Gasteiger partial charge in [0.15, 0.2) is 0 Å². The van der Waals surface area contributed by atoms with Crippen LogP contribution in [0.4, 0.5) is 0 Å². The molecule has 11 aromatic rings. The van der Waals surface area contributed by atoms with Gasteiger partial charge in [-0.05, 0) is 95.1 Å². The van der Waals surface area contributed by atoms with Gasteiger partial charge in [-0.15, -0.1) is 0 Å². The van der Waals surface area contributed by atoms with Gasteiger partial charge in [-0.1, -0.05) is 109 Å². The Morgan fingerprint density at radius 2 is 0.922 bits per heavy atom.